The summed E-state index contributed by atoms with van der Waals surface area (Å²) < 4.78 is 5.03. The highest BCUT2D eigenvalue weighted by Crippen LogP contribution is 2.09. The van der Waals surface area contributed by atoms with Crippen LogP contribution in [0, 0.1) is 0 Å². The Kier molecular flexibility index (Phi) is 4.64. The molecule has 0 saturated carbocycles. The quantitative estimate of drug-likeness (QED) is 0.651. The molecule has 96 valence electrons. The highest BCUT2D eigenvalue weighted by Gasteiger charge is 2.23. The molecule has 17 heavy (non-hydrogen) atoms. The molecule has 0 radical (unpaired) electrons. The van der Waals surface area contributed by atoms with E-state index in [1.165, 1.54) is 0 Å². The van der Waals surface area contributed by atoms with Crippen molar-refractivity contribution >= 4 is 23.6 Å². The van der Waals surface area contributed by atoms with Gasteiger partial charge in [0.15, 0.2) is 0 Å². The average Bonchev–Trinajstić information content (AvgIpc) is 2.85. The smallest absolute Gasteiger partial charge is 0.248 e. The summed E-state index contributed by atoms with van der Waals surface area (Å²) in [5.41, 5.74) is 0. The lowest BCUT2D eigenvalue weighted by Crippen LogP contribution is -2.48. The molecule has 1 atom stereocenters. The number of nitrogens with zero attached hydrogens (tertiary/aromatic N) is 1. The number of rotatable bonds is 4. The molecule has 6 nitrogen and oxygen atoms in total. The average molecular weight is 259 g/mol. The summed E-state index contributed by atoms with van der Waals surface area (Å²) in [5, 5.41) is 5.95. The van der Waals surface area contributed by atoms with E-state index in [9.17, 15) is 9.59 Å². The van der Waals surface area contributed by atoms with Gasteiger partial charge < -0.3 is 15.0 Å². The molecule has 2 rings (SSSR count). The van der Waals surface area contributed by atoms with E-state index in [-0.39, 0.29) is 24.5 Å². The molecule has 0 aromatic heterocycles. The van der Waals surface area contributed by atoms with Gasteiger partial charge >= 0.3 is 0 Å². The molecule has 1 unspecified atom stereocenters. The number of thioether (sulfide) groups is 1. The standard InChI is InChI=1S/C10H17N3O3S/c14-9-5-16-4-3-13(9)2-1-11-10(15)8-6-17-7-12-8/h8,12H,1-7H2,(H,11,15). The van der Waals surface area contributed by atoms with E-state index in [0.29, 0.717) is 26.2 Å². The van der Waals surface area contributed by atoms with Gasteiger partial charge in [0, 0.05) is 31.3 Å². The van der Waals surface area contributed by atoms with Crippen LogP contribution in [0.25, 0.3) is 0 Å². The number of hydrogen-bond donors (Lipinski definition) is 2. The first kappa shape index (κ1) is 12.7. The lowest BCUT2D eigenvalue weighted by Gasteiger charge is -2.26. The SMILES string of the molecule is O=C(NCCN1CCOCC1=O)C1CSCN1. The second kappa shape index (κ2) is 6.23. The first-order valence-electron chi connectivity index (χ1n) is 5.72. The molecular weight excluding hydrogens is 242 g/mol. The van der Waals surface area contributed by atoms with Crippen LogP contribution in [0.3, 0.4) is 0 Å². The molecule has 2 amide bonds. The summed E-state index contributed by atoms with van der Waals surface area (Å²) in [7, 11) is 0. The Morgan fingerprint density at radius 2 is 2.53 bits per heavy atom. The van der Waals surface area contributed by atoms with Gasteiger partial charge in [0.25, 0.3) is 0 Å². The minimum Gasteiger partial charge on any atom is -0.370 e. The van der Waals surface area contributed by atoms with Crippen LogP contribution in [0.15, 0.2) is 0 Å². The minimum atomic E-state index is -0.0830. The Hall–Kier alpha value is -0.790. The second-order valence-electron chi connectivity index (χ2n) is 4.00. The molecule has 2 heterocycles. The summed E-state index contributed by atoms with van der Waals surface area (Å²) in [6.45, 7) is 2.43. The second-order valence-corrected chi connectivity index (χ2v) is 5.03. The van der Waals surface area contributed by atoms with E-state index in [2.05, 4.69) is 10.6 Å². The maximum atomic E-state index is 11.7. The molecule has 2 N–H and O–H groups in total. The van der Waals surface area contributed by atoms with Crippen molar-refractivity contribution in [2.45, 2.75) is 6.04 Å². The van der Waals surface area contributed by atoms with Crippen molar-refractivity contribution in [3.63, 3.8) is 0 Å². The van der Waals surface area contributed by atoms with Crippen molar-refractivity contribution in [2.75, 3.05) is 44.5 Å². The van der Waals surface area contributed by atoms with Gasteiger partial charge in [-0.05, 0) is 0 Å². The molecule has 2 saturated heterocycles. The monoisotopic (exact) mass is 259 g/mol. The van der Waals surface area contributed by atoms with Gasteiger partial charge in [0.2, 0.25) is 11.8 Å². The van der Waals surface area contributed by atoms with Crippen LogP contribution in [0.4, 0.5) is 0 Å². The molecule has 0 aromatic rings. The van der Waals surface area contributed by atoms with Crippen LogP contribution in [0.2, 0.25) is 0 Å². The number of carbonyl (C=O) groups excluding carboxylic acids is 2. The van der Waals surface area contributed by atoms with Crippen LogP contribution in [-0.4, -0.2) is 67.2 Å². The molecule has 2 fully saturated rings. The van der Waals surface area contributed by atoms with E-state index in [4.69, 9.17) is 4.74 Å². The van der Waals surface area contributed by atoms with Crippen molar-refractivity contribution in [2.24, 2.45) is 0 Å². The number of hydrogen-bond acceptors (Lipinski definition) is 5. The van der Waals surface area contributed by atoms with Crippen LogP contribution in [-0.2, 0) is 14.3 Å². The Morgan fingerprint density at radius 1 is 1.65 bits per heavy atom. The minimum absolute atomic E-state index is 0.0000425. The fourth-order valence-electron chi connectivity index (χ4n) is 1.79. The molecule has 0 spiro atoms. The zero-order valence-electron chi connectivity index (χ0n) is 9.61. The number of nitrogens with one attached hydrogen (secondary N) is 2. The topological polar surface area (TPSA) is 70.7 Å². The van der Waals surface area contributed by atoms with Gasteiger partial charge in [-0.1, -0.05) is 0 Å². The van der Waals surface area contributed by atoms with Crippen LogP contribution in [0.5, 0.6) is 0 Å². The first-order valence-corrected chi connectivity index (χ1v) is 6.87. The summed E-state index contributed by atoms with van der Waals surface area (Å²) in [6.07, 6.45) is 0. The summed E-state index contributed by atoms with van der Waals surface area (Å²) in [4.78, 5) is 24.8. The maximum absolute atomic E-state index is 11.7. The highest BCUT2D eigenvalue weighted by molar-refractivity contribution is 7.99. The molecule has 0 aromatic carbocycles. The lowest BCUT2D eigenvalue weighted by molar-refractivity contribution is -0.142. The van der Waals surface area contributed by atoms with E-state index >= 15 is 0 Å². The molecule has 2 aliphatic heterocycles. The largest absolute Gasteiger partial charge is 0.370 e. The van der Waals surface area contributed by atoms with Crippen LogP contribution in [0.1, 0.15) is 0 Å². The van der Waals surface area contributed by atoms with Gasteiger partial charge in [-0.2, -0.15) is 0 Å². The van der Waals surface area contributed by atoms with Gasteiger partial charge in [0.1, 0.15) is 6.61 Å². The van der Waals surface area contributed by atoms with Crippen molar-refractivity contribution in [3.8, 4) is 0 Å². The number of ether oxygens (including phenoxy) is 1. The maximum Gasteiger partial charge on any atom is 0.248 e. The van der Waals surface area contributed by atoms with Gasteiger partial charge in [0.05, 0.1) is 12.6 Å². The van der Waals surface area contributed by atoms with Crippen molar-refractivity contribution in [3.05, 3.63) is 0 Å². The van der Waals surface area contributed by atoms with E-state index in [1.54, 1.807) is 16.7 Å². The number of morpholine rings is 1. The van der Waals surface area contributed by atoms with E-state index in [1.807, 2.05) is 0 Å². The zero-order valence-corrected chi connectivity index (χ0v) is 10.4. The van der Waals surface area contributed by atoms with Crippen LogP contribution >= 0.6 is 11.8 Å². The Bertz CT molecular complexity index is 295. The van der Waals surface area contributed by atoms with Crippen molar-refractivity contribution in [1.29, 1.82) is 0 Å². The molecule has 2 aliphatic rings. The zero-order chi connectivity index (χ0) is 12.1. The molecule has 7 heteroatoms. The third-order valence-electron chi connectivity index (χ3n) is 2.80. The van der Waals surface area contributed by atoms with Gasteiger partial charge in [-0.15, -0.1) is 11.8 Å². The van der Waals surface area contributed by atoms with E-state index in [0.717, 1.165) is 11.6 Å². The van der Waals surface area contributed by atoms with E-state index < -0.39 is 0 Å². The fraction of sp³-hybridized carbons (Fsp3) is 0.800. The normalized spacial score (nSPS) is 25.1. The fourth-order valence-corrected chi connectivity index (χ4v) is 2.73. The predicted octanol–water partition coefficient (Wildman–Crippen LogP) is -1.38. The summed E-state index contributed by atoms with van der Waals surface area (Å²) in [6, 6.07) is -0.0830. The molecule has 0 aliphatic carbocycles. The molecular formula is C10H17N3O3S. The summed E-state index contributed by atoms with van der Waals surface area (Å²) >= 11 is 1.72. The van der Waals surface area contributed by atoms with Crippen molar-refractivity contribution < 1.29 is 14.3 Å². The van der Waals surface area contributed by atoms with Crippen molar-refractivity contribution in [1.82, 2.24) is 15.5 Å². The third-order valence-corrected chi connectivity index (χ3v) is 3.74. The Balaban J connectivity index is 1.64. The highest BCUT2D eigenvalue weighted by atomic mass is 32.2. The number of carbonyl (C=O) groups is 2. The van der Waals surface area contributed by atoms with Gasteiger partial charge in [-0.3, -0.25) is 14.9 Å². The predicted molar refractivity (Wildman–Crippen MR) is 64.7 cm³/mol. The Labute approximate surface area is 104 Å². The first-order chi connectivity index (χ1) is 8.27. The number of amides is 2. The van der Waals surface area contributed by atoms with Gasteiger partial charge in [-0.25, -0.2) is 0 Å². The summed E-state index contributed by atoms with van der Waals surface area (Å²) in [5.74, 6) is 1.68. The molecule has 0 bridgehead atoms. The van der Waals surface area contributed by atoms with Crippen LogP contribution < -0.4 is 10.6 Å². The Morgan fingerprint density at radius 3 is 3.24 bits per heavy atom. The lowest BCUT2D eigenvalue weighted by atomic mass is 10.3. The third kappa shape index (κ3) is 3.58.